The molecule has 25 heavy (non-hydrogen) atoms. The van der Waals surface area contributed by atoms with Crippen LogP contribution in [-0.2, 0) is 19.1 Å². The summed E-state index contributed by atoms with van der Waals surface area (Å²) in [6.07, 6.45) is 2.67. The van der Waals surface area contributed by atoms with Crippen molar-refractivity contribution in [2.24, 2.45) is 29.1 Å². The molecule has 0 heterocycles. The lowest BCUT2D eigenvalue weighted by Crippen LogP contribution is -2.63. The minimum atomic E-state index is -4.31. The Morgan fingerprint density at radius 1 is 1.20 bits per heavy atom. The van der Waals surface area contributed by atoms with Crippen LogP contribution < -0.4 is 5.11 Å². The summed E-state index contributed by atoms with van der Waals surface area (Å²) in [6, 6.07) is 0. The first-order valence-corrected chi connectivity index (χ1v) is 8.79. The molecule has 0 N–H and O–H groups in total. The highest BCUT2D eigenvalue weighted by molar-refractivity contribution is 5.90. The molecule has 4 bridgehead atoms. The van der Waals surface area contributed by atoms with E-state index < -0.39 is 34.8 Å². The second-order valence-electron chi connectivity index (χ2n) is 8.54. The average Bonchev–Trinajstić information content (AvgIpc) is 2.50. The van der Waals surface area contributed by atoms with Crippen LogP contribution in [0.4, 0.5) is 8.78 Å². The molecule has 5 nitrogen and oxygen atoms in total. The molecule has 3 atom stereocenters. The van der Waals surface area contributed by atoms with Gasteiger partial charge in [0.2, 0.25) is 0 Å². The second-order valence-corrected chi connectivity index (χ2v) is 8.54. The number of halogens is 2. The van der Waals surface area contributed by atoms with Crippen LogP contribution >= 0.6 is 0 Å². The van der Waals surface area contributed by atoms with Crippen LogP contribution in [0, 0.1) is 29.1 Å². The van der Waals surface area contributed by atoms with Gasteiger partial charge in [0, 0.05) is 11.8 Å². The first-order valence-electron chi connectivity index (χ1n) is 8.79. The van der Waals surface area contributed by atoms with Crippen molar-refractivity contribution < 1.29 is 33.0 Å². The van der Waals surface area contributed by atoms with Gasteiger partial charge in [-0.15, -0.1) is 0 Å². The third kappa shape index (κ3) is 2.49. The van der Waals surface area contributed by atoms with E-state index in [1.165, 1.54) is 13.8 Å². The molecule has 0 aliphatic heterocycles. The number of carbonyl (C=O) groups excluding carboxylic acids is 3. The van der Waals surface area contributed by atoms with Gasteiger partial charge < -0.3 is 14.6 Å². The minimum absolute atomic E-state index is 0.172. The maximum atomic E-state index is 14.2. The summed E-state index contributed by atoms with van der Waals surface area (Å²) in [4.78, 5) is 36.1. The normalized spacial score (nSPS) is 36.4. The first-order chi connectivity index (χ1) is 11.4. The summed E-state index contributed by atoms with van der Waals surface area (Å²) in [5.74, 6) is -8.60. The van der Waals surface area contributed by atoms with Crippen molar-refractivity contribution in [3.63, 3.8) is 0 Å². The number of carboxylic acids is 1. The number of Topliss-reactive ketones (excluding diaryl/α,β-unsaturated/α-hetero) is 1. The second kappa shape index (κ2) is 5.48. The van der Waals surface area contributed by atoms with E-state index in [-0.39, 0.29) is 23.5 Å². The van der Waals surface area contributed by atoms with Crippen LogP contribution in [0.3, 0.4) is 0 Å². The van der Waals surface area contributed by atoms with Gasteiger partial charge in [0.1, 0.15) is 11.8 Å². The van der Waals surface area contributed by atoms with E-state index in [1.807, 2.05) is 0 Å². The molecule has 4 aliphatic carbocycles. The molecule has 3 unspecified atom stereocenters. The quantitative estimate of drug-likeness (QED) is 0.700. The number of carbonyl (C=O) groups is 3. The summed E-state index contributed by atoms with van der Waals surface area (Å²) in [5, 5.41) is 10.9. The van der Waals surface area contributed by atoms with Crippen LogP contribution in [0.2, 0.25) is 0 Å². The van der Waals surface area contributed by atoms with Gasteiger partial charge in [0.25, 0.3) is 0 Å². The average molecular weight is 357 g/mol. The third-order valence-corrected chi connectivity index (χ3v) is 6.71. The maximum absolute atomic E-state index is 14.2. The number of hydrogen-bond acceptors (Lipinski definition) is 5. The number of rotatable bonds is 5. The number of carboxylic acid groups (broad SMARTS) is 1. The fourth-order valence-electron chi connectivity index (χ4n) is 5.05. The number of esters is 1. The van der Waals surface area contributed by atoms with E-state index in [4.69, 9.17) is 4.74 Å². The van der Waals surface area contributed by atoms with Gasteiger partial charge in [-0.1, -0.05) is 13.8 Å². The topological polar surface area (TPSA) is 83.5 Å². The monoisotopic (exact) mass is 357 g/mol. The largest absolute Gasteiger partial charge is 0.544 e. The Morgan fingerprint density at radius 3 is 2.16 bits per heavy atom. The Labute approximate surface area is 145 Å². The number of aliphatic carboxylic acids is 1. The van der Waals surface area contributed by atoms with Crippen molar-refractivity contribution in [1.82, 2.24) is 0 Å². The third-order valence-electron chi connectivity index (χ3n) is 6.71. The van der Waals surface area contributed by atoms with Crippen molar-refractivity contribution in [2.45, 2.75) is 64.4 Å². The van der Waals surface area contributed by atoms with Gasteiger partial charge in [0.15, 0.2) is 5.60 Å². The zero-order valence-electron chi connectivity index (χ0n) is 14.6. The van der Waals surface area contributed by atoms with E-state index in [0.717, 1.165) is 19.8 Å². The van der Waals surface area contributed by atoms with Crippen molar-refractivity contribution in [1.29, 1.82) is 0 Å². The van der Waals surface area contributed by atoms with Gasteiger partial charge in [0.05, 0.1) is 5.41 Å². The van der Waals surface area contributed by atoms with E-state index >= 15 is 0 Å². The zero-order valence-corrected chi connectivity index (χ0v) is 14.6. The standard InChI is InChI=1S/C18H24F2O5/c1-9(2)16(3,18(19,20)14(22)23)25-15(24)17-6-10-4-11(7-17)13(21)12(5-10)8-17/h9-12H,4-8H2,1-3H3,(H,22,23)/p-1. The molecule has 4 rings (SSSR count). The molecule has 0 spiro atoms. The van der Waals surface area contributed by atoms with E-state index in [9.17, 15) is 28.3 Å². The van der Waals surface area contributed by atoms with Crippen LogP contribution in [0.15, 0.2) is 0 Å². The van der Waals surface area contributed by atoms with E-state index in [1.54, 1.807) is 0 Å². The lowest BCUT2D eigenvalue weighted by atomic mass is 9.49. The SMILES string of the molecule is CC(C)C(C)(OC(=O)C12CC3CC(C1)C(=O)C(C3)C2)C(F)(F)C(=O)[O-]. The highest BCUT2D eigenvalue weighted by Gasteiger charge is 2.63. The minimum Gasteiger partial charge on any atom is -0.544 e. The van der Waals surface area contributed by atoms with Crippen LogP contribution in [0.5, 0.6) is 0 Å². The predicted molar refractivity (Wildman–Crippen MR) is 80.3 cm³/mol. The van der Waals surface area contributed by atoms with Crippen LogP contribution in [-0.4, -0.2) is 29.2 Å². The zero-order chi connectivity index (χ0) is 18.8. The van der Waals surface area contributed by atoms with Crippen molar-refractivity contribution >= 4 is 17.7 Å². The lowest BCUT2D eigenvalue weighted by Gasteiger charge is -2.55. The Hall–Kier alpha value is -1.53. The highest BCUT2D eigenvalue weighted by atomic mass is 19.3. The molecule has 0 aromatic heterocycles. The molecule has 0 aromatic carbocycles. The Bertz CT molecular complexity index is 611. The van der Waals surface area contributed by atoms with Crippen molar-refractivity contribution in [3.8, 4) is 0 Å². The molecule has 0 aromatic rings. The number of ketones is 1. The molecule has 0 radical (unpaired) electrons. The Balaban J connectivity index is 1.88. The van der Waals surface area contributed by atoms with Crippen LogP contribution in [0.25, 0.3) is 0 Å². The van der Waals surface area contributed by atoms with Gasteiger partial charge >= 0.3 is 11.9 Å². The van der Waals surface area contributed by atoms with Gasteiger partial charge in [-0.25, -0.2) is 0 Å². The van der Waals surface area contributed by atoms with Gasteiger partial charge in [-0.05, 0) is 50.9 Å². The molecule has 4 fully saturated rings. The molecule has 4 saturated carbocycles. The molecule has 7 heteroatoms. The van der Waals surface area contributed by atoms with Gasteiger partial charge in [-0.3, -0.25) is 9.59 Å². The van der Waals surface area contributed by atoms with Crippen molar-refractivity contribution in [2.75, 3.05) is 0 Å². The van der Waals surface area contributed by atoms with Gasteiger partial charge in [-0.2, -0.15) is 8.78 Å². The summed E-state index contributed by atoms with van der Waals surface area (Å²) >= 11 is 0. The molecular formula is C18H23F2O5-. The van der Waals surface area contributed by atoms with Crippen LogP contribution in [0.1, 0.15) is 52.9 Å². The molecule has 4 aliphatic rings. The summed E-state index contributed by atoms with van der Waals surface area (Å²) in [7, 11) is 0. The molecular weight excluding hydrogens is 334 g/mol. The van der Waals surface area contributed by atoms with Crippen molar-refractivity contribution in [3.05, 3.63) is 0 Å². The lowest BCUT2D eigenvalue weighted by molar-refractivity contribution is -0.346. The number of hydrogen-bond donors (Lipinski definition) is 0. The fourth-order valence-corrected chi connectivity index (χ4v) is 5.05. The van der Waals surface area contributed by atoms with E-state index in [2.05, 4.69) is 0 Å². The number of alkyl halides is 2. The molecule has 140 valence electrons. The predicted octanol–water partition coefficient (Wildman–Crippen LogP) is 1.72. The number of ether oxygens (including phenoxy) is 1. The molecule has 0 amide bonds. The summed E-state index contributed by atoms with van der Waals surface area (Å²) < 4.78 is 33.7. The molecule has 0 saturated heterocycles. The summed E-state index contributed by atoms with van der Waals surface area (Å²) in [5.41, 5.74) is -3.45. The maximum Gasteiger partial charge on any atom is 0.325 e. The summed E-state index contributed by atoms with van der Waals surface area (Å²) in [6.45, 7) is 3.71. The smallest absolute Gasteiger partial charge is 0.325 e. The Kier molecular flexibility index (Phi) is 4.01. The highest BCUT2D eigenvalue weighted by Crippen LogP contribution is 2.59. The fraction of sp³-hybridized carbons (Fsp3) is 0.833. The first kappa shape index (κ1) is 18.3. The van der Waals surface area contributed by atoms with E-state index in [0.29, 0.717) is 19.3 Å². The Morgan fingerprint density at radius 2 is 1.72 bits per heavy atom.